The van der Waals surface area contributed by atoms with Gasteiger partial charge < -0.3 is 14.7 Å². The molecule has 0 saturated heterocycles. The predicted molar refractivity (Wildman–Crippen MR) is 93.8 cm³/mol. The van der Waals surface area contributed by atoms with E-state index < -0.39 is 10.8 Å². The minimum absolute atomic E-state index is 0.101. The van der Waals surface area contributed by atoms with Gasteiger partial charge in [-0.1, -0.05) is 12.1 Å². The van der Waals surface area contributed by atoms with E-state index in [0.717, 1.165) is 0 Å². The molecule has 0 unspecified atom stereocenters. The number of rotatable bonds is 7. The van der Waals surface area contributed by atoms with Crippen LogP contribution < -0.4 is 5.32 Å². The van der Waals surface area contributed by atoms with Gasteiger partial charge in [-0.3, -0.25) is 19.7 Å². The average Bonchev–Trinajstić information content (AvgIpc) is 3.03. The molecule has 2 rings (SSSR count). The summed E-state index contributed by atoms with van der Waals surface area (Å²) in [5, 5.41) is 17.0. The number of nitrogens with zero attached hydrogens (tertiary/aromatic N) is 3. The summed E-state index contributed by atoms with van der Waals surface area (Å²) in [6.45, 7) is 5.26. The number of nitro benzene ring substituents is 1. The van der Waals surface area contributed by atoms with Crippen molar-refractivity contribution < 1.29 is 19.0 Å². The van der Waals surface area contributed by atoms with Crippen LogP contribution in [0.1, 0.15) is 36.4 Å². The Balaban J connectivity index is 2.13. The van der Waals surface area contributed by atoms with E-state index in [-0.39, 0.29) is 35.6 Å². The van der Waals surface area contributed by atoms with E-state index in [1.165, 1.54) is 29.2 Å². The summed E-state index contributed by atoms with van der Waals surface area (Å²) in [4.78, 5) is 36.6. The molecular weight excluding hydrogens is 340 g/mol. The van der Waals surface area contributed by atoms with Gasteiger partial charge in [-0.25, -0.2) is 0 Å². The summed E-state index contributed by atoms with van der Waals surface area (Å²) in [6.07, 6.45) is 0.648. The lowest BCUT2D eigenvalue weighted by Crippen LogP contribution is -2.43. The van der Waals surface area contributed by atoms with E-state index in [9.17, 15) is 19.7 Å². The molecule has 0 saturated carbocycles. The van der Waals surface area contributed by atoms with Crippen molar-refractivity contribution in [3.8, 4) is 0 Å². The van der Waals surface area contributed by atoms with Gasteiger partial charge in [0.2, 0.25) is 5.91 Å². The topological polar surface area (TPSA) is 119 Å². The normalized spacial score (nSPS) is 11.7. The fraction of sp³-hybridized carbons (Fsp3) is 0.353. The van der Waals surface area contributed by atoms with E-state index >= 15 is 0 Å². The van der Waals surface area contributed by atoms with Gasteiger partial charge in [0.1, 0.15) is 12.3 Å². The first kappa shape index (κ1) is 19.1. The molecule has 0 bridgehead atoms. The maximum atomic E-state index is 12.8. The van der Waals surface area contributed by atoms with Gasteiger partial charge in [-0.2, -0.15) is 0 Å². The van der Waals surface area contributed by atoms with Crippen LogP contribution in [0.15, 0.2) is 34.9 Å². The lowest BCUT2D eigenvalue weighted by atomic mass is 10.1. The molecule has 9 heteroatoms. The van der Waals surface area contributed by atoms with Gasteiger partial charge in [-0.15, -0.1) is 0 Å². The molecule has 1 aromatic heterocycles. The molecule has 2 amide bonds. The van der Waals surface area contributed by atoms with E-state index in [0.29, 0.717) is 12.2 Å². The van der Waals surface area contributed by atoms with E-state index in [1.54, 1.807) is 13.0 Å². The monoisotopic (exact) mass is 360 g/mol. The molecule has 0 radical (unpaired) electrons. The van der Waals surface area contributed by atoms with Crippen LogP contribution in [0, 0.1) is 17.0 Å². The smallest absolute Gasteiger partial charge is 0.269 e. The molecule has 0 aliphatic rings. The second-order valence-corrected chi connectivity index (χ2v) is 5.87. The Labute approximate surface area is 150 Å². The summed E-state index contributed by atoms with van der Waals surface area (Å²) < 4.78 is 4.89. The first-order valence-electron chi connectivity index (χ1n) is 8.10. The molecule has 2 aromatic rings. The van der Waals surface area contributed by atoms with Crippen LogP contribution >= 0.6 is 0 Å². The van der Waals surface area contributed by atoms with Gasteiger partial charge in [0.25, 0.3) is 11.6 Å². The van der Waals surface area contributed by atoms with E-state index in [1.807, 2.05) is 13.8 Å². The summed E-state index contributed by atoms with van der Waals surface area (Å²) >= 11 is 0. The number of aromatic nitrogens is 1. The predicted octanol–water partition coefficient (Wildman–Crippen LogP) is 2.77. The number of hydrogen-bond donors (Lipinski definition) is 1. The second-order valence-electron chi connectivity index (χ2n) is 5.87. The minimum Gasteiger partial charge on any atom is -0.360 e. The highest BCUT2D eigenvalue weighted by molar-refractivity contribution is 5.99. The molecule has 0 fully saturated rings. The number of amides is 2. The van der Waals surface area contributed by atoms with Crippen LogP contribution in [0.5, 0.6) is 0 Å². The number of hydrogen-bond acceptors (Lipinski definition) is 6. The molecule has 138 valence electrons. The van der Waals surface area contributed by atoms with Crippen molar-refractivity contribution in [2.24, 2.45) is 0 Å². The van der Waals surface area contributed by atoms with Crippen molar-refractivity contribution in [2.45, 2.75) is 33.2 Å². The third-order valence-corrected chi connectivity index (χ3v) is 3.92. The summed E-state index contributed by atoms with van der Waals surface area (Å²) in [5.41, 5.74) is 0.178. The van der Waals surface area contributed by atoms with Crippen LogP contribution in [-0.4, -0.2) is 39.4 Å². The fourth-order valence-electron chi connectivity index (χ4n) is 2.30. The number of nitro groups is 1. The van der Waals surface area contributed by atoms with Gasteiger partial charge in [0.05, 0.1) is 4.92 Å². The Hall–Kier alpha value is -3.23. The Kier molecular flexibility index (Phi) is 6.05. The molecule has 0 aliphatic heterocycles. The lowest BCUT2D eigenvalue weighted by Gasteiger charge is -2.28. The third kappa shape index (κ3) is 4.65. The highest BCUT2D eigenvalue weighted by Gasteiger charge is 2.24. The van der Waals surface area contributed by atoms with Crippen LogP contribution in [0.2, 0.25) is 0 Å². The highest BCUT2D eigenvalue weighted by atomic mass is 16.6. The fourth-order valence-corrected chi connectivity index (χ4v) is 2.30. The minimum atomic E-state index is -0.534. The van der Waals surface area contributed by atoms with Gasteiger partial charge in [0, 0.05) is 29.8 Å². The SMILES string of the molecule is CC[C@H](C)N(CC(=O)Nc1cc(C)on1)C(=O)c1ccc([N+](=O)[O-])cc1. The van der Waals surface area contributed by atoms with E-state index in [2.05, 4.69) is 10.5 Å². The van der Waals surface area contributed by atoms with Crippen LogP contribution in [0.4, 0.5) is 11.5 Å². The largest absolute Gasteiger partial charge is 0.360 e. The first-order chi connectivity index (χ1) is 12.3. The number of aryl methyl sites for hydroxylation is 1. The molecule has 1 aromatic carbocycles. The number of anilines is 1. The van der Waals surface area contributed by atoms with Crippen LogP contribution in [-0.2, 0) is 4.79 Å². The molecule has 1 heterocycles. The van der Waals surface area contributed by atoms with Crippen LogP contribution in [0.25, 0.3) is 0 Å². The summed E-state index contributed by atoms with van der Waals surface area (Å²) in [6, 6.07) is 6.68. The molecular formula is C17H20N4O5. The van der Waals surface area contributed by atoms with Gasteiger partial charge in [-0.05, 0) is 32.4 Å². The first-order valence-corrected chi connectivity index (χ1v) is 8.10. The maximum Gasteiger partial charge on any atom is 0.269 e. The molecule has 1 atom stereocenters. The Morgan fingerprint density at radius 3 is 2.50 bits per heavy atom. The third-order valence-electron chi connectivity index (χ3n) is 3.92. The Morgan fingerprint density at radius 1 is 1.35 bits per heavy atom. The zero-order valence-electron chi connectivity index (χ0n) is 14.8. The van der Waals surface area contributed by atoms with Gasteiger partial charge in [0.15, 0.2) is 5.82 Å². The van der Waals surface area contributed by atoms with Crippen molar-refractivity contribution in [3.05, 3.63) is 51.8 Å². The number of carbonyl (C=O) groups excluding carboxylic acids is 2. The van der Waals surface area contributed by atoms with Crippen molar-refractivity contribution in [1.29, 1.82) is 0 Å². The van der Waals surface area contributed by atoms with Crippen LogP contribution in [0.3, 0.4) is 0 Å². The maximum absolute atomic E-state index is 12.8. The number of carbonyl (C=O) groups is 2. The summed E-state index contributed by atoms with van der Waals surface area (Å²) in [5.74, 6) is 0.0509. The van der Waals surface area contributed by atoms with Crippen molar-refractivity contribution in [2.75, 3.05) is 11.9 Å². The molecule has 9 nitrogen and oxygen atoms in total. The molecule has 0 aliphatic carbocycles. The standard InChI is InChI=1S/C17H20N4O5/c1-4-11(2)20(10-16(22)18-15-9-12(3)26-19-15)17(23)13-5-7-14(8-6-13)21(24)25/h5-9,11H,4,10H2,1-3H3,(H,18,19,22)/t11-/m0/s1. The van der Waals surface area contributed by atoms with Gasteiger partial charge >= 0.3 is 0 Å². The van der Waals surface area contributed by atoms with Crippen molar-refractivity contribution in [1.82, 2.24) is 10.1 Å². The Bertz CT molecular complexity index is 800. The highest BCUT2D eigenvalue weighted by Crippen LogP contribution is 2.16. The molecule has 26 heavy (non-hydrogen) atoms. The number of non-ortho nitro benzene ring substituents is 1. The Morgan fingerprint density at radius 2 is 2.00 bits per heavy atom. The lowest BCUT2D eigenvalue weighted by molar-refractivity contribution is -0.384. The number of nitrogens with one attached hydrogen (secondary N) is 1. The average molecular weight is 360 g/mol. The zero-order valence-corrected chi connectivity index (χ0v) is 14.8. The van der Waals surface area contributed by atoms with Crippen molar-refractivity contribution >= 4 is 23.3 Å². The molecule has 0 spiro atoms. The summed E-state index contributed by atoms with van der Waals surface area (Å²) in [7, 11) is 0. The van der Waals surface area contributed by atoms with E-state index in [4.69, 9.17) is 4.52 Å². The zero-order chi connectivity index (χ0) is 19.3. The van der Waals surface area contributed by atoms with Crippen molar-refractivity contribution in [3.63, 3.8) is 0 Å². The quantitative estimate of drug-likeness (QED) is 0.599. The molecule has 1 N–H and O–H groups in total. The second kappa shape index (κ2) is 8.24. The number of benzene rings is 1.